The fraction of sp³-hybridized carbons (Fsp3) is 0.125. The Morgan fingerprint density at radius 1 is 1.29 bits per heavy atom. The molecule has 2 heterocycles. The lowest BCUT2D eigenvalue weighted by Gasteiger charge is -1.98. The molecule has 0 saturated heterocycles. The number of rotatable bonds is 2. The Labute approximate surface area is 87.6 Å². The van der Waals surface area contributed by atoms with Crippen LogP contribution in [0.15, 0.2) is 30.9 Å². The molecule has 0 spiro atoms. The summed E-state index contributed by atoms with van der Waals surface area (Å²) in [7, 11) is 1.86. The molecule has 0 aliphatic carbocycles. The van der Waals surface area contributed by atoms with Gasteiger partial charge in [-0.05, 0) is 6.07 Å². The second-order valence-corrected chi connectivity index (χ2v) is 2.60. The SMILES string of the molecule is Cl.Cn1cc(Nc2ncccn2)cn1. The molecule has 0 unspecified atom stereocenters. The molecule has 0 fully saturated rings. The molecule has 6 heteroatoms. The van der Waals surface area contributed by atoms with Crippen molar-refractivity contribution in [3.63, 3.8) is 0 Å². The molecule has 1 N–H and O–H groups in total. The number of anilines is 2. The van der Waals surface area contributed by atoms with Crippen LogP contribution in [0.3, 0.4) is 0 Å². The summed E-state index contributed by atoms with van der Waals surface area (Å²) in [5, 5.41) is 7.03. The van der Waals surface area contributed by atoms with E-state index in [0.717, 1.165) is 5.69 Å². The van der Waals surface area contributed by atoms with E-state index in [0.29, 0.717) is 5.95 Å². The normalized spacial score (nSPS) is 9.21. The minimum absolute atomic E-state index is 0. The molecule has 14 heavy (non-hydrogen) atoms. The topological polar surface area (TPSA) is 55.6 Å². The molecular formula is C8H10ClN5. The van der Waals surface area contributed by atoms with Crippen molar-refractivity contribution in [2.24, 2.45) is 7.05 Å². The molecule has 0 bridgehead atoms. The van der Waals surface area contributed by atoms with Crippen LogP contribution in [0.5, 0.6) is 0 Å². The number of hydrogen-bond donors (Lipinski definition) is 1. The van der Waals surface area contributed by atoms with E-state index in [9.17, 15) is 0 Å². The number of nitrogens with one attached hydrogen (secondary N) is 1. The fourth-order valence-corrected chi connectivity index (χ4v) is 0.979. The Morgan fingerprint density at radius 3 is 2.57 bits per heavy atom. The van der Waals surface area contributed by atoms with Gasteiger partial charge in [0.1, 0.15) is 0 Å². The molecule has 0 atom stereocenters. The highest BCUT2D eigenvalue weighted by atomic mass is 35.5. The van der Waals surface area contributed by atoms with Gasteiger partial charge in [0.15, 0.2) is 0 Å². The van der Waals surface area contributed by atoms with Crippen LogP contribution in [-0.4, -0.2) is 19.7 Å². The van der Waals surface area contributed by atoms with Crippen molar-refractivity contribution in [3.8, 4) is 0 Å². The third-order valence-electron chi connectivity index (χ3n) is 1.53. The number of aryl methyl sites for hydroxylation is 1. The quantitative estimate of drug-likeness (QED) is 0.816. The largest absolute Gasteiger partial charge is 0.321 e. The van der Waals surface area contributed by atoms with Crippen LogP contribution in [-0.2, 0) is 7.05 Å². The zero-order chi connectivity index (χ0) is 9.10. The lowest BCUT2D eigenvalue weighted by molar-refractivity contribution is 0.768. The molecule has 74 valence electrons. The van der Waals surface area contributed by atoms with Crippen LogP contribution in [0.1, 0.15) is 0 Å². The van der Waals surface area contributed by atoms with Crippen LogP contribution >= 0.6 is 12.4 Å². The summed E-state index contributed by atoms with van der Waals surface area (Å²) in [5.74, 6) is 0.579. The average Bonchev–Trinajstić information content (AvgIpc) is 2.53. The van der Waals surface area contributed by atoms with E-state index in [4.69, 9.17) is 0 Å². The second-order valence-electron chi connectivity index (χ2n) is 2.60. The predicted molar refractivity (Wildman–Crippen MR) is 55.8 cm³/mol. The maximum atomic E-state index is 4.02. The van der Waals surface area contributed by atoms with E-state index in [1.807, 2.05) is 13.2 Å². The molecule has 2 rings (SSSR count). The van der Waals surface area contributed by atoms with Crippen molar-refractivity contribution in [2.45, 2.75) is 0 Å². The maximum Gasteiger partial charge on any atom is 0.227 e. The summed E-state index contributed by atoms with van der Waals surface area (Å²) in [5.41, 5.74) is 0.883. The first kappa shape index (κ1) is 10.5. The minimum atomic E-state index is 0. The first-order valence-electron chi connectivity index (χ1n) is 3.87. The molecule has 5 nitrogen and oxygen atoms in total. The van der Waals surface area contributed by atoms with Gasteiger partial charge in [0.2, 0.25) is 5.95 Å². The van der Waals surface area contributed by atoms with Crippen molar-refractivity contribution < 1.29 is 0 Å². The van der Waals surface area contributed by atoms with Crippen LogP contribution < -0.4 is 5.32 Å². The average molecular weight is 212 g/mol. The standard InChI is InChI=1S/C8H9N5.ClH/c1-13-6-7(5-11-13)12-8-9-3-2-4-10-8;/h2-6H,1H3,(H,9,10,12);1H. The maximum absolute atomic E-state index is 4.02. The van der Waals surface area contributed by atoms with E-state index in [1.165, 1.54) is 0 Å². The van der Waals surface area contributed by atoms with Crippen LogP contribution in [0.4, 0.5) is 11.6 Å². The molecule has 2 aromatic heterocycles. The lowest BCUT2D eigenvalue weighted by Crippen LogP contribution is -1.94. The fourth-order valence-electron chi connectivity index (χ4n) is 0.979. The number of halogens is 1. The summed E-state index contributed by atoms with van der Waals surface area (Å²) in [4.78, 5) is 8.05. The van der Waals surface area contributed by atoms with E-state index in [1.54, 1.807) is 29.3 Å². The molecule has 0 aliphatic heterocycles. The van der Waals surface area contributed by atoms with Crippen molar-refractivity contribution in [3.05, 3.63) is 30.9 Å². The molecule has 0 amide bonds. The van der Waals surface area contributed by atoms with E-state index in [2.05, 4.69) is 20.4 Å². The van der Waals surface area contributed by atoms with Crippen molar-refractivity contribution >= 4 is 24.0 Å². The van der Waals surface area contributed by atoms with E-state index >= 15 is 0 Å². The van der Waals surface area contributed by atoms with E-state index in [-0.39, 0.29) is 12.4 Å². The van der Waals surface area contributed by atoms with Crippen LogP contribution in [0.2, 0.25) is 0 Å². The van der Waals surface area contributed by atoms with E-state index < -0.39 is 0 Å². The number of aromatic nitrogens is 4. The van der Waals surface area contributed by atoms with Crippen LogP contribution in [0, 0.1) is 0 Å². The first-order valence-corrected chi connectivity index (χ1v) is 3.87. The second kappa shape index (κ2) is 4.57. The van der Waals surface area contributed by atoms with Gasteiger partial charge in [0.05, 0.1) is 11.9 Å². The van der Waals surface area contributed by atoms with Crippen molar-refractivity contribution in [1.82, 2.24) is 19.7 Å². The molecule has 0 aliphatic rings. The Morgan fingerprint density at radius 2 is 2.00 bits per heavy atom. The highest BCUT2D eigenvalue weighted by Crippen LogP contribution is 2.08. The van der Waals surface area contributed by atoms with Crippen molar-refractivity contribution in [1.29, 1.82) is 0 Å². The summed E-state index contributed by atoms with van der Waals surface area (Å²) in [6, 6.07) is 1.77. The summed E-state index contributed by atoms with van der Waals surface area (Å²) < 4.78 is 1.71. The Bertz CT molecular complexity index is 386. The third-order valence-corrected chi connectivity index (χ3v) is 1.53. The number of nitrogens with zero attached hydrogens (tertiary/aromatic N) is 4. The van der Waals surface area contributed by atoms with Crippen LogP contribution in [0.25, 0.3) is 0 Å². The van der Waals surface area contributed by atoms with Gasteiger partial charge in [0, 0.05) is 25.6 Å². The first-order chi connectivity index (χ1) is 6.34. The summed E-state index contributed by atoms with van der Waals surface area (Å²) in [6.07, 6.45) is 6.95. The summed E-state index contributed by atoms with van der Waals surface area (Å²) >= 11 is 0. The monoisotopic (exact) mass is 211 g/mol. The molecule has 0 aromatic carbocycles. The van der Waals surface area contributed by atoms with Gasteiger partial charge in [0.25, 0.3) is 0 Å². The Hall–Kier alpha value is -1.62. The third kappa shape index (κ3) is 2.43. The van der Waals surface area contributed by atoms with Gasteiger partial charge < -0.3 is 5.32 Å². The lowest BCUT2D eigenvalue weighted by atomic mass is 10.5. The molecular weight excluding hydrogens is 202 g/mol. The van der Waals surface area contributed by atoms with Gasteiger partial charge in [-0.3, -0.25) is 4.68 Å². The zero-order valence-corrected chi connectivity index (χ0v) is 8.40. The highest BCUT2D eigenvalue weighted by Gasteiger charge is 1.96. The Balaban J connectivity index is 0.000000980. The number of hydrogen-bond acceptors (Lipinski definition) is 4. The minimum Gasteiger partial charge on any atom is -0.321 e. The zero-order valence-electron chi connectivity index (χ0n) is 7.58. The van der Waals surface area contributed by atoms with Gasteiger partial charge in [-0.15, -0.1) is 12.4 Å². The van der Waals surface area contributed by atoms with Gasteiger partial charge in [-0.25, -0.2) is 9.97 Å². The van der Waals surface area contributed by atoms with Gasteiger partial charge >= 0.3 is 0 Å². The smallest absolute Gasteiger partial charge is 0.227 e. The molecule has 2 aromatic rings. The van der Waals surface area contributed by atoms with Gasteiger partial charge in [-0.1, -0.05) is 0 Å². The van der Waals surface area contributed by atoms with Crippen molar-refractivity contribution in [2.75, 3.05) is 5.32 Å². The molecule has 0 radical (unpaired) electrons. The van der Waals surface area contributed by atoms with Gasteiger partial charge in [-0.2, -0.15) is 5.10 Å². The highest BCUT2D eigenvalue weighted by molar-refractivity contribution is 5.85. The Kier molecular flexibility index (Phi) is 3.41. The predicted octanol–water partition coefficient (Wildman–Crippen LogP) is 1.38. The molecule has 0 saturated carbocycles. The summed E-state index contributed by atoms with van der Waals surface area (Å²) in [6.45, 7) is 0.